The van der Waals surface area contributed by atoms with Gasteiger partial charge in [0.1, 0.15) is 0 Å². The molecule has 2 aliphatic rings. The molecule has 0 spiro atoms. The number of para-hydroxylation sites is 1. The number of likely N-dealkylation sites (tertiary alicyclic amines) is 1. The molecule has 3 unspecified atom stereocenters. The van der Waals surface area contributed by atoms with Crippen LogP contribution in [0.15, 0.2) is 36.5 Å². The van der Waals surface area contributed by atoms with E-state index in [0.29, 0.717) is 11.8 Å². The molecular formula is C17H19N3O. The fourth-order valence-corrected chi connectivity index (χ4v) is 3.93. The summed E-state index contributed by atoms with van der Waals surface area (Å²) in [5.74, 6) is 1.20. The van der Waals surface area contributed by atoms with Gasteiger partial charge in [-0.05, 0) is 36.8 Å². The number of hydrogen-bond donors (Lipinski definition) is 1. The second-order valence-electron chi connectivity index (χ2n) is 6.25. The minimum Gasteiger partial charge on any atom is -0.338 e. The van der Waals surface area contributed by atoms with Crippen LogP contribution in [0.2, 0.25) is 0 Å². The maximum absolute atomic E-state index is 12.9. The van der Waals surface area contributed by atoms with Gasteiger partial charge in [-0.2, -0.15) is 0 Å². The summed E-state index contributed by atoms with van der Waals surface area (Å²) in [5.41, 5.74) is 7.80. The van der Waals surface area contributed by atoms with E-state index in [4.69, 9.17) is 5.73 Å². The van der Waals surface area contributed by atoms with Crippen LogP contribution in [0.4, 0.5) is 0 Å². The van der Waals surface area contributed by atoms with Crippen molar-refractivity contribution in [2.45, 2.75) is 18.9 Å². The Morgan fingerprint density at radius 1 is 1.19 bits per heavy atom. The molecule has 4 nitrogen and oxygen atoms in total. The minimum atomic E-state index is 0.121. The number of benzene rings is 1. The fourth-order valence-electron chi connectivity index (χ4n) is 3.93. The number of carbonyl (C=O) groups is 1. The normalized spacial score (nSPS) is 28.0. The average molecular weight is 281 g/mol. The Balaban J connectivity index is 1.66. The summed E-state index contributed by atoms with van der Waals surface area (Å²) < 4.78 is 0. The van der Waals surface area contributed by atoms with E-state index >= 15 is 0 Å². The summed E-state index contributed by atoms with van der Waals surface area (Å²) in [6.45, 7) is 1.66. The van der Waals surface area contributed by atoms with Crippen LogP contribution < -0.4 is 5.73 Å². The lowest BCUT2D eigenvalue weighted by atomic mass is 9.98. The highest BCUT2D eigenvalue weighted by Gasteiger charge is 2.42. The summed E-state index contributed by atoms with van der Waals surface area (Å²) in [6, 6.07) is 9.91. The van der Waals surface area contributed by atoms with Crippen LogP contribution >= 0.6 is 0 Å². The summed E-state index contributed by atoms with van der Waals surface area (Å²) in [4.78, 5) is 19.2. The van der Waals surface area contributed by atoms with Gasteiger partial charge in [0.2, 0.25) is 0 Å². The molecule has 0 radical (unpaired) electrons. The average Bonchev–Trinajstić information content (AvgIpc) is 3.08. The molecule has 21 heavy (non-hydrogen) atoms. The van der Waals surface area contributed by atoms with Crippen LogP contribution in [0.25, 0.3) is 10.9 Å². The standard InChI is InChI=1S/C17H19N3O/c18-15-6-5-11-9-20(10-14(11)15)17(21)13-7-8-19-16-4-2-1-3-12(13)16/h1-4,7-8,11,14-15H,5-6,9-10,18H2. The lowest BCUT2D eigenvalue weighted by Crippen LogP contribution is -2.33. The van der Waals surface area contributed by atoms with E-state index in [1.807, 2.05) is 35.2 Å². The first-order valence-corrected chi connectivity index (χ1v) is 7.62. The van der Waals surface area contributed by atoms with Gasteiger partial charge in [-0.15, -0.1) is 0 Å². The van der Waals surface area contributed by atoms with Gasteiger partial charge >= 0.3 is 0 Å². The minimum absolute atomic E-state index is 0.121. The third-order valence-electron chi connectivity index (χ3n) is 5.08. The van der Waals surface area contributed by atoms with Gasteiger partial charge in [-0.1, -0.05) is 18.2 Å². The van der Waals surface area contributed by atoms with Crippen LogP contribution in [-0.4, -0.2) is 34.9 Å². The van der Waals surface area contributed by atoms with Crippen LogP contribution in [0.5, 0.6) is 0 Å². The lowest BCUT2D eigenvalue weighted by Gasteiger charge is -2.19. The first-order valence-electron chi connectivity index (χ1n) is 7.62. The number of amides is 1. The zero-order chi connectivity index (χ0) is 14.4. The largest absolute Gasteiger partial charge is 0.338 e. The van der Waals surface area contributed by atoms with Crippen molar-refractivity contribution in [3.05, 3.63) is 42.1 Å². The first kappa shape index (κ1) is 12.8. The van der Waals surface area contributed by atoms with Gasteiger partial charge < -0.3 is 10.6 Å². The van der Waals surface area contributed by atoms with Gasteiger partial charge in [-0.3, -0.25) is 9.78 Å². The van der Waals surface area contributed by atoms with Crippen molar-refractivity contribution in [1.29, 1.82) is 0 Å². The lowest BCUT2D eigenvalue weighted by molar-refractivity contribution is 0.0781. The highest BCUT2D eigenvalue weighted by molar-refractivity contribution is 6.06. The smallest absolute Gasteiger partial charge is 0.254 e. The van der Waals surface area contributed by atoms with Gasteiger partial charge in [0.25, 0.3) is 5.91 Å². The molecule has 108 valence electrons. The zero-order valence-electron chi connectivity index (χ0n) is 11.9. The van der Waals surface area contributed by atoms with E-state index < -0.39 is 0 Å². The van der Waals surface area contributed by atoms with Gasteiger partial charge in [0, 0.05) is 30.7 Å². The van der Waals surface area contributed by atoms with Crippen molar-refractivity contribution in [3.63, 3.8) is 0 Å². The Morgan fingerprint density at radius 3 is 2.90 bits per heavy atom. The molecule has 1 aliphatic carbocycles. The number of hydrogen-bond acceptors (Lipinski definition) is 3. The molecule has 3 atom stereocenters. The molecule has 2 aromatic rings. The highest BCUT2D eigenvalue weighted by atomic mass is 16.2. The van der Waals surface area contributed by atoms with Crippen molar-refractivity contribution in [2.75, 3.05) is 13.1 Å². The molecule has 4 rings (SSSR count). The molecule has 1 aliphatic heterocycles. The molecule has 1 amide bonds. The predicted molar refractivity (Wildman–Crippen MR) is 81.8 cm³/mol. The van der Waals surface area contributed by atoms with E-state index in [0.717, 1.165) is 42.4 Å². The Kier molecular flexibility index (Phi) is 2.93. The number of nitrogens with two attached hydrogens (primary N) is 1. The van der Waals surface area contributed by atoms with Crippen molar-refractivity contribution >= 4 is 16.8 Å². The molecule has 2 heterocycles. The summed E-state index contributed by atoms with van der Waals surface area (Å²) in [7, 11) is 0. The van der Waals surface area contributed by atoms with E-state index in [1.54, 1.807) is 6.20 Å². The van der Waals surface area contributed by atoms with E-state index in [9.17, 15) is 4.79 Å². The third-order valence-corrected chi connectivity index (χ3v) is 5.08. The Morgan fingerprint density at radius 2 is 2.05 bits per heavy atom. The van der Waals surface area contributed by atoms with Crippen LogP contribution in [0.1, 0.15) is 23.2 Å². The van der Waals surface area contributed by atoms with Crippen molar-refractivity contribution in [3.8, 4) is 0 Å². The Hall–Kier alpha value is -1.94. The second-order valence-corrected chi connectivity index (χ2v) is 6.25. The highest BCUT2D eigenvalue weighted by Crippen LogP contribution is 2.37. The zero-order valence-corrected chi connectivity index (χ0v) is 11.9. The van der Waals surface area contributed by atoms with Crippen molar-refractivity contribution in [2.24, 2.45) is 17.6 Å². The molecule has 1 saturated carbocycles. The van der Waals surface area contributed by atoms with Crippen LogP contribution in [0.3, 0.4) is 0 Å². The molecule has 4 heteroatoms. The first-order chi connectivity index (χ1) is 10.2. The number of fused-ring (bicyclic) bond motifs is 2. The molecule has 2 fully saturated rings. The van der Waals surface area contributed by atoms with Gasteiger partial charge in [0.15, 0.2) is 0 Å². The quantitative estimate of drug-likeness (QED) is 0.870. The SMILES string of the molecule is NC1CCC2CN(C(=O)c3ccnc4ccccc34)CC12. The molecular weight excluding hydrogens is 262 g/mol. The Labute approximate surface area is 124 Å². The van der Waals surface area contributed by atoms with E-state index in [2.05, 4.69) is 4.98 Å². The second kappa shape index (κ2) is 4.81. The number of aromatic nitrogens is 1. The summed E-state index contributed by atoms with van der Waals surface area (Å²) in [6.07, 6.45) is 3.99. The summed E-state index contributed by atoms with van der Waals surface area (Å²) >= 11 is 0. The number of nitrogens with zero attached hydrogens (tertiary/aromatic N) is 2. The topological polar surface area (TPSA) is 59.2 Å². The Bertz CT molecular complexity index is 694. The number of pyridine rings is 1. The van der Waals surface area contributed by atoms with Crippen molar-refractivity contribution < 1.29 is 4.79 Å². The maximum atomic E-state index is 12.9. The molecule has 1 aromatic carbocycles. The van der Waals surface area contributed by atoms with Gasteiger partial charge in [-0.25, -0.2) is 0 Å². The molecule has 0 bridgehead atoms. The maximum Gasteiger partial charge on any atom is 0.254 e. The molecule has 2 N–H and O–H groups in total. The molecule has 1 saturated heterocycles. The number of rotatable bonds is 1. The summed E-state index contributed by atoms with van der Waals surface area (Å²) in [5, 5.41) is 0.936. The molecule has 1 aromatic heterocycles. The van der Waals surface area contributed by atoms with Crippen LogP contribution in [0, 0.1) is 11.8 Å². The van der Waals surface area contributed by atoms with E-state index in [-0.39, 0.29) is 11.9 Å². The number of carbonyl (C=O) groups excluding carboxylic acids is 1. The van der Waals surface area contributed by atoms with Gasteiger partial charge in [0.05, 0.1) is 11.1 Å². The fraction of sp³-hybridized carbons (Fsp3) is 0.412. The van der Waals surface area contributed by atoms with Crippen LogP contribution in [-0.2, 0) is 0 Å². The monoisotopic (exact) mass is 281 g/mol. The van der Waals surface area contributed by atoms with Crippen molar-refractivity contribution in [1.82, 2.24) is 9.88 Å². The predicted octanol–water partition coefficient (Wildman–Crippen LogP) is 2.04. The third kappa shape index (κ3) is 2.02. The van der Waals surface area contributed by atoms with E-state index in [1.165, 1.54) is 0 Å².